The molecule has 4 nitrogen and oxygen atoms in total. The van der Waals surface area contributed by atoms with Crippen molar-refractivity contribution in [3.05, 3.63) is 0 Å². The molecular weight excluding hydrogens is 228 g/mol. The van der Waals surface area contributed by atoms with Crippen molar-refractivity contribution in [3.63, 3.8) is 0 Å². The number of aliphatic hydroxyl groups is 1. The molecule has 2 aliphatic rings. The fraction of sp³-hybridized carbons (Fsp3) is 0.929. The van der Waals surface area contributed by atoms with Gasteiger partial charge in [0, 0.05) is 18.6 Å². The lowest BCUT2D eigenvalue weighted by atomic mass is 9.84. The van der Waals surface area contributed by atoms with Crippen molar-refractivity contribution in [1.29, 1.82) is 0 Å². The minimum absolute atomic E-state index is 0.0182. The van der Waals surface area contributed by atoms with Crippen LogP contribution < -0.4 is 5.32 Å². The van der Waals surface area contributed by atoms with Gasteiger partial charge in [-0.25, -0.2) is 4.79 Å². The van der Waals surface area contributed by atoms with E-state index in [-0.39, 0.29) is 18.7 Å². The summed E-state index contributed by atoms with van der Waals surface area (Å²) in [5.41, 5.74) is 0. The summed E-state index contributed by atoms with van der Waals surface area (Å²) in [7, 11) is 0. The number of hydrogen-bond acceptors (Lipinski definition) is 2. The van der Waals surface area contributed by atoms with Crippen LogP contribution in [0.2, 0.25) is 0 Å². The SMILES string of the molecule is CC(NC(=O)N(CCO)C1CC1)C1CCCCC1. The molecule has 0 aromatic rings. The van der Waals surface area contributed by atoms with E-state index < -0.39 is 0 Å². The third kappa shape index (κ3) is 3.61. The number of hydrogen-bond donors (Lipinski definition) is 2. The van der Waals surface area contributed by atoms with Crippen LogP contribution in [0.15, 0.2) is 0 Å². The molecule has 2 fully saturated rings. The fourth-order valence-corrected chi connectivity index (χ4v) is 2.97. The number of carbonyl (C=O) groups is 1. The Morgan fingerprint density at radius 2 is 1.94 bits per heavy atom. The largest absolute Gasteiger partial charge is 0.395 e. The normalized spacial score (nSPS) is 22.6. The van der Waals surface area contributed by atoms with Crippen LogP contribution in [-0.2, 0) is 0 Å². The van der Waals surface area contributed by atoms with E-state index >= 15 is 0 Å². The first-order valence-corrected chi connectivity index (χ1v) is 7.40. The van der Waals surface area contributed by atoms with E-state index in [9.17, 15) is 4.79 Å². The fourth-order valence-electron chi connectivity index (χ4n) is 2.97. The van der Waals surface area contributed by atoms with Gasteiger partial charge in [0.05, 0.1) is 6.61 Å². The number of nitrogens with zero attached hydrogens (tertiary/aromatic N) is 1. The van der Waals surface area contributed by atoms with Gasteiger partial charge in [-0.3, -0.25) is 0 Å². The topological polar surface area (TPSA) is 52.6 Å². The summed E-state index contributed by atoms with van der Waals surface area (Å²) in [6.07, 6.45) is 8.60. The van der Waals surface area contributed by atoms with Crippen LogP contribution in [0.5, 0.6) is 0 Å². The molecule has 0 bridgehead atoms. The molecule has 2 rings (SSSR count). The van der Waals surface area contributed by atoms with Gasteiger partial charge in [-0.2, -0.15) is 0 Å². The zero-order chi connectivity index (χ0) is 13.0. The summed E-state index contributed by atoms with van der Waals surface area (Å²) in [5, 5.41) is 12.2. The van der Waals surface area contributed by atoms with E-state index in [0.29, 0.717) is 18.5 Å². The van der Waals surface area contributed by atoms with Gasteiger partial charge in [-0.1, -0.05) is 19.3 Å². The third-order valence-corrected chi connectivity index (χ3v) is 4.30. The highest BCUT2D eigenvalue weighted by Crippen LogP contribution is 2.28. The number of amides is 2. The molecular formula is C14H26N2O2. The Hall–Kier alpha value is -0.770. The number of carbonyl (C=O) groups excluding carboxylic acids is 1. The minimum Gasteiger partial charge on any atom is -0.395 e. The van der Waals surface area contributed by atoms with E-state index in [1.165, 1.54) is 32.1 Å². The van der Waals surface area contributed by atoms with Crippen molar-refractivity contribution in [2.75, 3.05) is 13.2 Å². The van der Waals surface area contributed by atoms with Crippen molar-refractivity contribution in [1.82, 2.24) is 10.2 Å². The van der Waals surface area contributed by atoms with Crippen molar-refractivity contribution in [2.24, 2.45) is 5.92 Å². The molecule has 104 valence electrons. The second kappa shape index (κ2) is 6.41. The van der Waals surface area contributed by atoms with E-state index in [4.69, 9.17) is 5.11 Å². The molecule has 0 spiro atoms. The first-order valence-electron chi connectivity index (χ1n) is 7.40. The van der Waals surface area contributed by atoms with Gasteiger partial charge in [0.1, 0.15) is 0 Å². The van der Waals surface area contributed by atoms with Gasteiger partial charge < -0.3 is 15.3 Å². The van der Waals surface area contributed by atoms with Crippen molar-refractivity contribution in [2.45, 2.75) is 64.0 Å². The number of nitrogens with one attached hydrogen (secondary N) is 1. The quantitative estimate of drug-likeness (QED) is 0.789. The van der Waals surface area contributed by atoms with Gasteiger partial charge in [-0.05, 0) is 38.5 Å². The van der Waals surface area contributed by atoms with E-state index in [1.807, 2.05) is 0 Å². The molecule has 2 N–H and O–H groups in total. The van der Waals surface area contributed by atoms with Crippen molar-refractivity contribution >= 4 is 6.03 Å². The predicted molar refractivity (Wildman–Crippen MR) is 71.4 cm³/mol. The Morgan fingerprint density at radius 1 is 1.28 bits per heavy atom. The number of aliphatic hydroxyl groups excluding tert-OH is 1. The van der Waals surface area contributed by atoms with Gasteiger partial charge in [0.2, 0.25) is 0 Å². The Bertz CT molecular complexity index is 273. The van der Waals surface area contributed by atoms with Crippen LogP contribution in [0, 0.1) is 5.92 Å². The summed E-state index contributed by atoms with van der Waals surface area (Å²) in [4.78, 5) is 14.0. The molecule has 0 heterocycles. The molecule has 0 saturated heterocycles. The Balaban J connectivity index is 1.80. The highest BCUT2D eigenvalue weighted by atomic mass is 16.3. The molecule has 0 aromatic carbocycles. The Kier molecular flexibility index (Phi) is 4.87. The van der Waals surface area contributed by atoms with E-state index in [0.717, 1.165) is 12.8 Å². The smallest absolute Gasteiger partial charge is 0.317 e. The molecule has 1 atom stereocenters. The molecule has 1 unspecified atom stereocenters. The van der Waals surface area contributed by atoms with Crippen molar-refractivity contribution in [3.8, 4) is 0 Å². The van der Waals surface area contributed by atoms with Crippen LogP contribution in [0.3, 0.4) is 0 Å². The van der Waals surface area contributed by atoms with Gasteiger partial charge in [0.15, 0.2) is 0 Å². The molecule has 4 heteroatoms. The van der Waals surface area contributed by atoms with Crippen LogP contribution in [-0.4, -0.2) is 41.3 Å². The minimum atomic E-state index is 0.0182. The molecule has 2 amide bonds. The summed E-state index contributed by atoms with van der Waals surface area (Å²) in [6, 6.07) is 0.651. The van der Waals surface area contributed by atoms with Gasteiger partial charge in [-0.15, -0.1) is 0 Å². The van der Waals surface area contributed by atoms with Crippen molar-refractivity contribution < 1.29 is 9.90 Å². The maximum Gasteiger partial charge on any atom is 0.317 e. The summed E-state index contributed by atoms with van der Waals surface area (Å²) in [5.74, 6) is 0.637. The number of rotatable bonds is 5. The van der Waals surface area contributed by atoms with Gasteiger partial charge in [0.25, 0.3) is 0 Å². The second-order valence-corrected chi connectivity index (χ2v) is 5.78. The Labute approximate surface area is 110 Å². The summed E-state index contributed by atoms with van der Waals surface area (Å²) in [6.45, 7) is 2.65. The standard InChI is InChI=1S/C14H26N2O2/c1-11(12-5-3-2-4-6-12)15-14(18)16(9-10-17)13-7-8-13/h11-13,17H,2-10H2,1H3,(H,15,18). The van der Waals surface area contributed by atoms with Crippen LogP contribution in [0.25, 0.3) is 0 Å². The third-order valence-electron chi connectivity index (χ3n) is 4.30. The molecule has 2 aliphatic carbocycles. The first kappa shape index (κ1) is 13.7. The van der Waals surface area contributed by atoms with Crippen LogP contribution in [0.4, 0.5) is 4.79 Å². The summed E-state index contributed by atoms with van der Waals surface area (Å²) >= 11 is 0. The maximum atomic E-state index is 12.2. The maximum absolute atomic E-state index is 12.2. The monoisotopic (exact) mass is 254 g/mol. The lowest BCUT2D eigenvalue weighted by Crippen LogP contribution is -2.48. The summed E-state index contributed by atoms with van der Waals surface area (Å²) < 4.78 is 0. The highest BCUT2D eigenvalue weighted by Gasteiger charge is 2.33. The second-order valence-electron chi connectivity index (χ2n) is 5.78. The zero-order valence-corrected chi connectivity index (χ0v) is 11.4. The zero-order valence-electron chi connectivity index (χ0n) is 11.4. The lowest BCUT2D eigenvalue weighted by molar-refractivity contribution is 0.165. The molecule has 0 aromatic heterocycles. The highest BCUT2D eigenvalue weighted by molar-refractivity contribution is 5.75. The lowest BCUT2D eigenvalue weighted by Gasteiger charge is -2.31. The van der Waals surface area contributed by atoms with E-state index in [1.54, 1.807) is 4.90 Å². The molecule has 0 aliphatic heterocycles. The van der Waals surface area contributed by atoms with E-state index in [2.05, 4.69) is 12.2 Å². The molecule has 18 heavy (non-hydrogen) atoms. The van der Waals surface area contributed by atoms with Crippen LogP contribution in [0.1, 0.15) is 51.9 Å². The predicted octanol–water partition coefficient (Wildman–Crippen LogP) is 2.12. The Morgan fingerprint density at radius 3 is 2.50 bits per heavy atom. The first-order chi connectivity index (χ1) is 8.72. The average molecular weight is 254 g/mol. The molecule has 2 saturated carbocycles. The number of urea groups is 1. The van der Waals surface area contributed by atoms with Crippen LogP contribution >= 0.6 is 0 Å². The molecule has 0 radical (unpaired) electrons. The van der Waals surface area contributed by atoms with Gasteiger partial charge >= 0.3 is 6.03 Å². The average Bonchev–Trinajstić information content (AvgIpc) is 3.21.